The van der Waals surface area contributed by atoms with Crippen LogP contribution < -0.4 is 9.47 Å². The molecule has 2 aliphatic rings. The van der Waals surface area contributed by atoms with Crippen molar-refractivity contribution in [2.45, 2.75) is 36.8 Å². The molecule has 1 fully saturated rings. The summed E-state index contributed by atoms with van der Waals surface area (Å²) in [6.45, 7) is 1.30. The lowest BCUT2D eigenvalue weighted by Crippen LogP contribution is -2.37. The Morgan fingerprint density at radius 2 is 1.84 bits per heavy atom. The summed E-state index contributed by atoms with van der Waals surface area (Å²) in [4.78, 5) is 24.5. The van der Waals surface area contributed by atoms with E-state index in [1.54, 1.807) is 14.2 Å². The number of methoxy groups -OCH3 is 2. The molecule has 0 bridgehead atoms. The first-order valence-corrected chi connectivity index (χ1v) is 11.6. The molecule has 7 heteroatoms. The fraction of sp³-hybridized carbons (Fsp3) is 0.375. The standard InChI is InChI=1S/C24H25N3O3S/c1-29-20-11-16-9-10-27(13-17(16)12-21(20)30-2)22(28)14-31-24-18-5-3-4-6-19(18)25-23(26-24)15-7-8-15/h3-6,11-12,15H,7-10,13-14H2,1-2H3. The molecule has 2 heterocycles. The van der Waals surface area contributed by atoms with Crippen LogP contribution in [-0.2, 0) is 17.8 Å². The number of benzene rings is 2. The maximum atomic E-state index is 13.0. The maximum Gasteiger partial charge on any atom is 0.233 e. The lowest BCUT2D eigenvalue weighted by molar-refractivity contribution is -0.129. The summed E-state index contributed by atoms with van der Waals surface area (Å²) in [5, 5.41) is 1.93. The second-order valence-electron chi connectivity index (χ2n) is 8.01. The molecule has 0 unspecified atom stereocenters. The molecule has 1 saturated carbocycles. The van der Waals surface area contributed by atoms with Crippen LogP contribution in [0.3, 0.4) is 0 Å². The average molecular weight is 436 g/mol. The van der Waals surface area contributed by atoms with Crippen LogP contribution in [0.5, 0.6) is 11.5 Å². The first-order chi connectivity index (χ1) is 15.2. The number of carbonyl (C=O) groups excluding carboxylic acids is 1. The second kappa shape index (κ2) is 8.38. The molecule has 0 saturated heterocycles. The summed E-state index contributed by atoms with van der Waals surface area (Å²) < 4.78 is 10.8. The fourth-order valence-electron chi connectivity index (χ4n) is 4.02. The summed E-state index contributed by atoms with van der Waals surface area (Å²) in [6, 6.07) is 12.1. The van der Waals surface area contributed by atoms with Crippen LogP contribution in [0.4, 0.5) is 0 Å². The monoisotopic (exact) mass is 435 g/mol. The highest BCUT2D eigenvalue weighted by Crippen LogP contribution is 2.40. The van der Waals surface area contributed by atoms with E-state index in [1.165, 1.54) is 17.3 Å². The van der Waals surface area contributed by atoms with E-state index >= 15 is 0 Å². The van der Waals surface area contributed by atoms with E-state index in [9.17, 15) is 4.79 Å². The van der Waals surface area contributed by atoms with E-state index in [0.717, 1.165) is 52.3 Å². The van der Waals surface area contributed by atoms with E-state index in [1.807, 2.05) is 41.3 Å². The molecule has 160 valence electrons. The van der Waals surface area contributed by atoms with Gasteiger partial charge in [0.15, 0.2) is 11.5 Å². The van der Waals surface area contributed by atoms with Gasteiger partial charge in [-0.1, -0.05) is 30.0 Å². The third-order valence-corrected chi connectivity index (χ3v) is 6.91. The Labute approximate surface area is 186 Å². The van der Waals surface area contributed by atoms with Crippen molar-refractivity contribution < 1.29 is 14.3 Å². The van der Waals surface area contributed by atoms with Crippen molar-refractivity contribution in [3.8, 4) is 11.5 Å². The number of hydrogen-bond acceptors (Lipinski definition) is 6. The third kappa shape index (κ3) is 4.06. The molecule has 0 spiro atoms. The van der Waals surface area contributed by atoms with Crippen molar-refractivity contribution in [2.24, 2.45) is 0 Å². The van der Waals surface area contributed by atoms with Gasteiger partial charge in [-0.25, -0.2) is 9.97 Å². The predicted octanol–water partition coefficient (Wildman–Crippen LogP) is 4.20. The van der Waals surface area contributed by atoms with Gasteiger partial charge < -0.3 is 14.4 Å². The van der Waals surface area contributed by atoms with Crippen molar-refractivity contribution in [1.82, 2.24) is 14.9 Å². The minimum Gasteiger partial charge on any atom is -0.493 e. The summed E-state index contributed by atoms with van der Waals surface area (Å²) in [5.41, 5.74) is 3.29. The zero-order valence-electron chi connectivity index (χ0n) is 17.8. The quantitative estimate of drug-likeness (QED) is 0.427. The van der Waals surface area contributed by atoms with Gasteiger partial charge in [-0.15, -0.1) is 0 Å². The van der Waals surface area contributed by atoms with Crippen LogP contribution in [-0.4, -0.2) is 47.3 Å². The molecule has 0 atom stereocenters. The Balaban J connectivity index is 1.32. The van der Waals surface area contributed by atoms with E-state index < -0.39 is 0 Å². The number of thioether (sulfide) groups is 1. The molecule has 2 aromatic carbocycles. The van der Waals surface area contributed by atoms with Gasteiger partial charge in [-0.2, -0.15) is 0 Å². The largest absolute Gasteiger partial charge is 0.493 e. The molecule has 5 rings (SSSR count). The first kappa shape index (κ1) is 20.1. The van der Waals surface area contributed by atoms with E-state index in [-0.39, 0.29) is 5.91 Å². The zero-order chi connectivity index (χ0) is 21.4. The van der Waals surface area contributed by atoms with Gasteiger partial charge in [-0.3, -0.25) is 4.79 Å². The SMILES string of the molecule is COc1cc2c(cc1OC)CN(C(=O)CSc1nc(C3CC3)nc3ccccc13)CC2. The number of amides is 1. The van der Waals surface area contributed by atoms with Crippen LogP contribution >= 0.6 is 11.8 Å². The highest BCUT2D eigenvalue weighted by Gasteiger charge is 2.28. The molecule has 3 aromatic rings. The van der Waals surface area contributed by atoms with Crippen LogP contribution in [0, 0.1) is 0 Å². The molecule has 1 aliphatic carbocycles. The molecule has 6 nitrogen and oxygen atoms in total. The molecule has 1 aromatic heterocycles. The number of ether oxygens (including phenoxy) is 2. The highest BCUT2D eigenvalue weighted by atomic mass is 32.2. The smallest absolute Gasteiger partial charge is 0.233 e. The minimum absolute atomic E-state index is 0.126. The number of hydrogen-bond donors (Lipinski definition) is 0. The van der Waals surface area contributed by atoms with E-state index in [4.69, 9.17) is 19.4 Å². The first-order valence-electron chi connectivity index (χ1n) is 10.6. The van der Waals surface area contributed by atoms with Gasteiger partial charge in [0, 0.05) is 24.4 Å². The Morgan fingerprint density at radius 3 is 2.58 bits per heavy atom. The average Bonchev–Trinajstić information content (AvgIpc) is 3.66. The predicted molar refractivity (Wildman–Crippen MR) is 121 cm³/mol. The van der Waals surface area contributed by atoms with Gasteiger partial charge in [0.05, 0.1) is 25.5 Å². The Morgan fingerprint density at radius 1 is 1.10 bits per heavy atom. The van der Waals surface area contributed by atoms with Crippen LogP contribution in [0.25, 0.3) is 10.9 Å². The summed E-state index contributed by atoms with van der Waals surface area (Å²) in [7, 11) is 3.28. The number of nitrogens with zero attached hydrogens (tertiary/aromatic N) is 3. The zero-order valence-corrected chi connectivity index (χ0v) is 18.6. The van der Waals surface area contributed by atoms with Crippen molar-refractivity contribution in [2.75, 3.05) is 26.5 Å². The Hall–Kier alpha value is -2.80. The van der Waals surface area contributed by atoms with Crippen LogP contribution in [0.15, 0.2) is 41.4 Å². The number of rotatable bonds is 6. The number of para-hydroxylation sites is 1. The van der Waals surface area contributed by atoms with Gasteiger partial charge in [-0.05, 0) is 48.6 Å². The van der Waals surface area contributed by atoms with E-state index in [2.05, 4.69) is 0 Å². The number of fused-ring (bicyclic) bond motifs is 2. The van der Waals surface area contributed by atoms with Crippen molar-refractivity contribution in [3.05, 3.63) is 53.3 Å². The summed E-state index contributed by atoms with van der Waals surface area (Å²) in [6.07, 6.45) is 3.12. The molecule has 1 aliphatic heterocycles. The van der Waals surface area contributed by atoms with Crippen LogP contribution in [0.2, 0.25) is 0 Å². The van der Waals surface area contributed by atoms with E-state index in [0.29, 0.717) is 30.5 Å². The topological polar surface area (TPSA) is 64.6 Å². The van der Waals surface area contributed by atoms with Gasteiger partial charge in [0.25, 0.3) is 0 Å². The van der Waals surface area contributed by atoms with Gasteiger partial charge >= 0.3 is 0 Å². The normalized spacial score (nSPS) is 15.6. The number of carbonyl (C=O) groups is 1. The lowest BCUT2D eigenvalue weighted by atomic mass is 9.99. The highest BCUT2D eigenvalue weighted by molar-refractivity contribution is 8.00. The fourth-order valence-corrected chi connectivity index (χ4v) is 4.95. The maximum absolute atomic E-state index is 13.0. The van der Waals surface area contributed by atoms with Crippen LogP contribution in [0.1, 0.15) is 35.7 Å². The molecule has 0 radical (unpaired) electrons. The molecule has 1 amide bonds. The molecule has 0 N–H and O–H groups in total. The van der Waals surface area contributed by atoms with Crippen molar-refractivity contribution in [3.63, 3.8) is 0 Å². The van der Waals surface area contributed by atoms with Crippen molar-refractivity contribution >= 4 is 28.6 Å². The summed E-state index contributed by atoms with van der Waals surface area (Å²) in [5.74, 6) is 3.32. The molecular weight excluding hydrogens is 410 g/mol. The second-order valence-corrected chi connectivity index (χ2v) is 8.97. The van der Waals surface area contributed by atoms with Gasteiger partial charge in [0.2, 0.25) is 5.91 Å². The van der Waals surface area contributed by atoms with Gasteiger partial charge in [0.1, 0.15) is 10.9 Å². The molecular formula is C24H25N3O3S. The third-order valence-electron chi connectivity index (χ3n) is 5.93. The van der Waals surface area contributed by atoms with Crippen molar-refractivity contribution in [1.29, 1.82) is 0 Å². The minimum atomic E-state index is 0.126. The lowest BCUT2D eigenvalue weighted by Gasteiger charge is -2.29. The molecule has 31 heavy (non-hydrogen) atoms. The Kier molecular flexibility index (Phi) is 5.44. The Bertz CT molecular complexity index is 1150. The number of aromatic nitrogens is 2. The summed E-state index contributed by atoms with van der Waals surface area (Å²) >= 11 is 1.52.